The van der Waals surface area contributed by atoms with Gasteiger partial charge in [-0.25, -0.2) is 0 Å². The Morgan fingerprint density at radius 1 is 0.944 bits per heavy atom. The monoisotopic (exact) mass is 558 g/mol. The van der Waals surface area contributed by atoms with Crippen LogP contribution in [0.4, 0.5) is 13.2 Å². The Bertz CT molecular complexity index is 1300. The van der Waals surface area contributed by atoms with Crippen molar-refractivity contribution in [2.45, 2.75) is 18.8 Å². The van der Waals surface area contributed by atoms with E-state index in [2.05, 4.69) is 10.1 Å². The molecule has 3 rings (SSSR count). The van der Waals surface area contributed by atoms with Gasteiger partial charge >= 0.3 is 6.36 Å². The van der Waals surface area contributed by atoms with Crippen LogP contribution in [-0.4, -0.2) is 24.4 Å². The van der Waals surface area contributed by atoms with E-state index in [4.69, 9.17) is 44.3 Å². The van der Waals surface area contributed by atoms with Gasteiger partial charge in [0.1, 0.15) is 18.1 Å². The molecule has 1 atom stereocenters. The van der Waals surface area contributed by atoms with E-state index in [0.29, 0.717) is 15.8 Å². The maximum absolute atomic E-state index is 12.6. The number of nitriles is 1. The van der Waals surface area contributed by atoms with Crippen molar-refractivity contribution in [1.29, 1.82) is 5.26 Å². The average molecular weight is 560 g/mol. The number of carbonyl (C=O) groups excluding carboxylic acids is 1. The summed E-state index contributed by atoms with van der Waals surface area (Å²) in [6.45, 7) is 1.09. The van der Waals surface area contributed by atoms with E-state index in [1.807, 2.05) is 6.07 Å². The van der Waals surface area contributed by atoms with E-state index in [9.17, 15) is 23.2 Å². The molecule has 188 valence electrons. The molecule has 0 spiro atoms. The number of hydrogen-bond acceptors (Lipinski definition) is 5. The smallest absolute Gasteiger partial charge is 0.486 e. The molecule has 0 saturated carbocycles. The van der Waals surface area contributed by atoms with Crippen LogP contribution in [-0.2, 0) is 0 Å². The lowest BCUT2D eigenvalue weighted by Gasteiger charge is -2.24. The molecule has 0 aliphatic rings. The third-order valence-corrected chi connectivity index (χ3v) is 5.29. The number of rotatable bonds is 8. The molecule has 0 aliphatic heterocycles. The third kappa shape index (κ3) is 7.59. The van der Waals surface area contributed by atoms with Crippen LogP contribution in [0.1, 0.15) is 17.3 Å². The summed E-state index contributed by atoms with van der Waals surface area (Å²) in [5.74, 6) is -0.507. The van der Waals surface area contributed by atoms with Crippen LogP contribution in [0, 0.1) is 11.3 Å². The molecule has 12 heteroatoms. The number of amides is 1. The fourth-order valence-electron chi connectivity index (χ4n) is 2.80. The van der Waals surface area contributed by atoms with Crippen molar-refractivity contribution in [3.63, 3.8) is 0 Å². The Balaban J connectivity index is 1.72. The minimum Gasteiger partial charge on any atom is -0.486 e. The van der Waals surface area contributed by atoms with Gasteiger partial charge in [0.05, 0.1) is 11.1 Å². The van der Waals surface area contributed by atoms with Gasteiger partial charge in [0.25, 0.3) is 5.91 Å². The lowest BCUT2D eigenvalue weighted by molar-refractivity contribution is -0.274. The van der Waals surface area contributed by atoms with Gasteiger partial charge in [-0.05, 0) is 61.5 Å². The molecule has 0 saturated heterocycles. The molecular formula is C24H16Cl3F3N2O4. The van der Waals surface area contributed by atoms with Crippen LogP contribution in [0.3, 0.4) is 0 Å². The predicted octanol–water partition coefficient (Wildman–Crippen LogP) is 7.43. The lowest BCUT2D eigenvalue weighted by Crippen LogP contribution is -2.49. The molecule has 1 N–H and O–H groups in total. The topological polar surface area (TPSA) is 80.6 Å². The number of alkyl halides is 3. The fourth-order valence-corrected chi connectivity index (χ4v) is 3.41. The molecule has 0 radical (unpaired) electrons. The number of hydrogen-bond donors (Lipinski definition) is 1. The van der Waals surface area contributed by atoms with Crippen LogP contribution in [0.2, 0.25) is 15.1 Å². The van der Waals surface area contributed by atoms with E-state index >= 15 is 0 Å². The van der Waals surface area contributed by atoms with Gasteiger partial charge in [-0.2, -0.15) is 5.26 Å². The second-order valence-electron chi connectivity index (χ2n) is 7.53. The maximum Gasteiger partial charge on any atom is 0.573 e. The van der Waals surface area contributed by atoms with Crippen molar-refractivity contribution in [2.24, 2.45) is 0 Å². The highest BCUT2D eigenvalue weighted by Crippen LogP contribution is 2.38. The average Bonchev–Trinajstić information content (AvgIpc) is 2.80. The normalized spacial score (nSPS) is 12.7. The lowest BCUT2D eigenvalue weighted by atomic mass is 10.0. The fraction of sp³-hybridized carbons (Fsp3) is 0.167. The van der Waals surface area contributed by atoms with E-state index in [-0.39, 0.29) is 28.7 Å². The zero-order valence-corrected chi connectivity index (χ0v) is 20.6. The second kappa shape index (κ2) is 11.2. The first-order chi connectivity index (χ1) is 16.9. The van der Waals surface area contributed by atoms with E-state index in [1.54, 1.807) is 18.2 Å². The maximum atomic E-state index is 12.6. The van der Waals surface area contributed by atoms with Crippen molar-refractivity contribution >= 4 is 40.7 Å². The van der Waals surface area contributed by atoms with E-state index in [1.165, 1.54) is 25.1 Å². The molecule has 1 unspecified atom stereocenters. The Labute approximate surface area is 219 Å². The number of benzene rings is 3. The molecule has 3 aromatic rings. The molecule has 36 heavy (non-hydrogen) atoms. The Morgan fingerprint density at radius 2 is 1.56 bits per heavy atom. The highest BCUT2D eigenvalue weighted by molar-refractivity contribution is 6.35. The van der Waals surface area contributed by atoms with Crippen LogP contribution < -0.4 is 19.5 Å². The molecule has 0 aromatic heterocycles. The van der Waals surface area contributed by atoms with Crippen molar-refractivity contribution in [3.05, 3.63) is 81.3 Å². The SMILES string of the molecule is CC(C#N)(COc1cc(Cl)ccc1Oc1ccc(Cl)cc1Cl)NC(=O)c1ccc(OC(F)(F)F)cc1. The molecule has 0 bridgehead atoms. The van der Waals surface area contributed by atoms with Gasteiger partial charge in [-0.1, -0.05) is 34.8 Å². The van der Waals surface area contributed by atoms with Crippen LogP contribution in [0.25, 0.3) is 0 Å². The Hall–Kier alpha value is -3.32. The highest BCUT2D eigenvalue weighted by atomic mass is 35.5. The minimum atomic E-state index is -4.86. The van der Waals surface area contributed by atoms with Gasteiger partial charge in [0.2, 0.25) is 0 Å². The summed E-state index contributed by atoms with van der Waals surface area (Å²) in [5, 5.41) is 13.2. The first-order valence-electron chi connectivity index (χ1n) is 10.0. The van der Waals surface area contributed by atoms with Crippen molar-refractivity contribution in [3.8, 4) is 29.1 Å². The van der Waals surface area contributed by atoms with Crippen molar-refractivity contribution in [1.82, 2.24) is 5.32 Å². The molecule has 3 aromatic carbocycles. The van der Waals surface area contributed by atoms with Crippen molar-refractivity contribution in [2.75, 3.05) is 6.61 Å². The second-order valence-corrected chi connectivity index (χ2v) is 8.81. The first-order valence-corrected chi connectivity index (χ1v) is 11.2. The largest absolute Gasteiger partial charge is 0.573 e. The summed E-state index contributed by atoms with van der Waals surface area (Å²) >= 11 is 18.1. The van der Waals surface area contributed by atoms with Crippen LogP contribution >= 0.6 is 34.8 Å². The summed E-state index contributed by atoms with van der Waals surface area (Å²) in [6, 6.07) is 15.4. The van der Waals surface area contributed by atoms with Crippen LogP contribution in [0.15, 0.2) is 60.7 Å². The van der Waals surface area contributed by atoms with Gasteiger partial charge < -0.3 is 19.5 Å². The van der Waals surface area contributed by atoms with Gasteiger partial charge in [-0.3, -0.25) is 4.79 Å². The molecular weight excluding hydrogens is 544 g/mol. The summed E-state index contributed by atoms with van der Waals surface area (Å²) in [4.78, 5) is 12.6. The summed E-state index contributed by atoms with van der Waals surface area (Å²) in [5.41, 5.74) is -1.52. The number of carbonyl (C=O) groups is 1. The zero-order valence-electron chi connectivity index (χ0n) is 18.3. The van der Waals surface area contributed by atoms with Gasteiger partial charge in [0, 0.05) is 21.7 Å². The third-order valence-electron chi connectivity index (χ3n) is 4.52. The number of nitrogens with zero attached hydrogens (tertiary/aromatic N) is 1. The summed E-state index contributed by atoms with van der Waals surface area (Å²) in [6.07, 6.45) is -4.86. The molecule has 0 fully saturated rings. The van der Waals surface area contributed by atoms with Gasteiger partial charge in [0.15, 0.2) is 17.0 Å². The van der Waals surface area contributed by atoms with Crippen LogP contribution in [0.5, 0.6) is 23.0 Å². The number of nitrogens with one attached hydrogen (secondary N) is 1. The van der Waals surface area contributed by atoms with E-state index in [0.717, 1.165) is 24.3 Å². The van der Waals surface area contributed by atoms with Gasteiger partial charge in [-0.15, -0.1) is 13.2 Å². The summed E-state index contributed by atoms with van der Waals surface area (Å²) in [7, 11) is 0. The Morgan fingerprint density at radius 3 is 2.14 bits per heavy atom. The minimum absolute atomic E-state index is 0.00941. The predicted molar refractivity (Wildman–Crippen MR) is 128 cm³/mol. The number of ether oxygens (including phenoxy) is 3. The highest BCUT2D eigenvalue weighted by Gasteiger charge is 2.31. The molecule has 1 amide bonds. The standard InChI is InChI=1S/C24H16Cl3F3N2O4/c1-23(12-31,32-22(33)14-2-6-17(7-3-14)36-24(28,29)30)13-34-21-11-16(26)5-9-20(21)35-19-8-4-15(25)10-18(19)27/h2-11H,13H2,1H3,(H,32,33). The summed E-state index contributed by atoms with van der Waals surface area (Å²) < 4.78 is 52.3. The quantitative estimate of drug-likeness (QED) is 0.310. The molecule has 6 nitrogen and oxygen atoms in total. The van der Waals surface area contributed by atoms with E-state index < -0.39 is 23.6 Å². The molecule has 0 aliphatic carbocycles. The first kappa shape index (κ1) is 27.3. The van der Waals surface area contributed by atoms with Crippen molar-refractivity contribution < 1.29 is 32.2 Å². The number of halogens is 6. The molecule has 0 heterocycles. The Kier molecular flexibility index (Phi) is 8.46. The zero-order chi connectivity index (χ0) is 26.5.